The first-order valence-electron chi connectivity index (χ1n) is 5.00. The Morgan fingerprint density at radius 2 is 2.00 bits per heavy atom. The summed E-state index contributed by atoms with van der Waals surface area (Å²) in [5.74, 6) is 0.443. The highest BCUT2D eigenvalue weighted by molar-refractivity contribution is 7.09. The summed E-state index contributed by atoms with van der Waals surface area (Å²) in [6.07, 6.45) is 0.741. The molecule has 0 saturated carbocycles. The average Bonchev–Trinajstić information content (AvgIpc) is 2.71. The molecule has 0 unspecified atom stereocenters. The summed E-state index contributed by atoms with van der Waals surface area (Å²) in [6.45, 7) is 0. The highest BCUT2D eigenvalue weighted by atomic mass is 32.1. The summed E-state index contributed by atoms with van der Waals surface area (Å²) >= 11 is 1.68. The molecule has 82 valence electrons. The number of thiophene rings is 1. The summed E-state index contributed by atoms with van der Waals surface area (Å²) in [5.41, 5.74) is 0.860. The van der Waals surface area contributed by atoms with Gasteiger partial charge in [0.25, 0.3) is 0 Å². The van der Waals surface area contributed by atoms with Crippen LogP contribution in [0.1, 0.15) is 10.4 Å². The highest BCUT2D eigenvalue weighted by Crippen LogP contribution is 2.19. The van der Waals surface area contributed by atoms with Crippen molar-refractivity contribution in [2.75, 3.05) is 7.11 Å². The predicted octanol–water partition coefficient (Wildman–Crippen LogP) is 2.71. The van der Waals surface area contributed by atoms with Gasteiger partial charge in [-0.1, -0.05) is 24.3 Å². The maximum atomic E-state index is 11.7. The summed E-state index contributed by atoms with van der Waals surface area (Å²) in [7, 11) is 1.54. The minimum Gasteiger partial charge on any atom is -0.492 e. The molecule has 1 aromatic heterocycles. The molecule has 2 rings (SSSR count). The molecule has 16 heavy (non-hydrogen) atoms. The van der Waals surface area contributed by atoms with E-state index in [4.69, 9.17) is 4.74 Å². The van der Waals surface area contributed by atoms with Gasteiger partial charge >= 0.3 is 0 Å². The fourth-order valence-corrected chi connectivity index (χ4v) is 2.32. The van der Waals surface area contributed by atoms with E-state index in [1.165, 1.54) is 18.1 Å². The maximum absolute atomic E-state index is 11.7. The second-order valence-electron chi connectivity index (χ2n) is 3.40. The molecule has 0 aliphatic heterocycles. The third kappa shape index (κ3) is 2.31. The number of hydrogen-bond acceptors (Lipinski definition) is 3. The molecule has 0 aliphatic carbocycles. The molecule has 0 saturated heterocycles. The molecule has 0 atom stereocenters. The molecule has 0 bridgehead atoms. The largest absolute Gasteiger partial charge is 0.492 e. The summed E-state index contributed by atoms with van der Waals surface area (Å²) in [6, 6.07) is 11.1. The van der Waals surface area contributed by atoms with Gasteiger partial charge in [0.05, 0.1) is 7.11 Å². The molecule has 0 fully saturated rings. The minimum absolute atomic E-state index is 0.0703. The number of hydrogen-bond donors (Lipinski definition) is 0. The van der Waals surface area contributed by atoms with E-state index in [1.54, 1.807) is 17.4 Å². The molecule has 0 radical (unpaired) electrons. The van der Waals surface area contributed by atoms with Crippen LogP contribution in [-0.2, 0) is 6.42 Å². The smallest absolute Gasteiger partial charge is 0.220 e. The van der Waals surface area contributed by atoms with Crippen LogP contribution in [-0.4, -0.2) is 7.11 Å². The van der Waals surface area contributed by atoms with Gasteiger partial charge in [-0.15, -0.1) is 11.3 Å². The number of ether oxygens (including phenoxy) is 1. The van der Waals surface area contributed by atoms with Crippen molar-refractivity contribution in [3.05, 3.63) is 62.4 Å². The number of methoxy groups -OCH3 is 1. The van der Waals surface area contributed by atoms with E-state index in [0.29, 0.717) is 5.75 Å². The summed E-state index contributed by atoms with van der Waals surface area (Å²) in [5, 5.41) is 2.03. The lowest BCUT2D eigenvalue weighted by Crippen LogP contribution is -2.03. The van der Waals surface area contributed by atoms with E-state index in [0.717, 1.165) is 12.0 Å². The molecule has 0 spiro atoms. The van der Waals surface area contributed by atoms with Crippen molar-refractivity contribution in [2.24, 2.45) is 0 Å². The van der Waals surface area contributed by atoms with Gasteiger partial charge < -0.3 is 4.74 Å². The molecule has 2 nitrogen and oxygen atoms in total. The van der Waals surface area contributed by atoms with E-state index in [-0.39, 0.29) is 5.43 Å². The predicted molar refractivity (Wildman–Crippen MR) is 66.4 cm³/mol. The van der Waals surface area contributed by atoms with Gasteiger partial charge in [0.15, 0.2) is 5.75 Å². The van der Waals surface area contributed by atoms with E-state index in [9.17, 15) is 4.79 Å². The van der Waals surface area contributed by atoms with Crippen LogP contribution >= 0.6 is 11.3 Å². The van der Waals surface area contributed by atoms with Crippen molar-refractivity contribution in [1.29, 1.82) is 0 Å². The van der Waals surface area contributed by atoms with Crippen molar-refractivity contribution in [2.45, 2.75) is 6.42 Å². The zero-order valence-corrected chi connectivity index (χ0v) is 9.79. The Balaban J connectivity index is 2.45. The third-order valence-electron chi connectivity index (χ3n) is 2.32. The van der Waals surface area contributed by atoms with Crippen LogP contribution in [0.2, 0.25) is 0 Å². The normalized spacial score (nSPS) is 10.1. The Bertz CT molecular complexity index is 518. The lowest BCUT2D eigenvalue weighted by molar-refractivity contribution is 0.407. The van der Waals surface area contributed by atoms with Crippen LogP contribution in [0.15, 0.2) is 46.6 Å². The Morgan fingerprint density at radius 1 is 1.19 bits per heavy atom. The Kier molecular flexibility index (Phi) is 3.37. The molecule has 1 heterocycles. The monoisotopic (exact) mass is 232 g/mol. The molecule has 3 heteroatoms. The Morgan fingerprint density at radius 3 is 2.69 bits per heavy atom. The Labute approximate surface area is 98.1 Å². The third-order valence-corrected chi connectivity index (χ3v) is 3.20. The first-order valence-corrected chi connectivity index (χ1v) is 5.88. The molecular formula is C13H12O2S. The molecular weight excluding hydrogens is 220 g/mol. The van der Waals surface area contributed by atoms with Crippen LogP contribution in [0.3, 0.4) is 0 Å². The zero-order chi connectivity index (χ0) is 11.4. The van der Waals surface area contributed by atoms with Crippen LogP contribution < -0.4 is 10.2 Å². The van der Waals surface area contributed by atoms with Gasteiger partial charge in [-0.05, 0) is 17.5 Å². The summed E-state index contributed by atoms with van der Waals surface area (Å²) in [4.78, 5) is 12.9. The summed E-state index contributed by atoms with van der Waals surface area (Å²) < 4.78 is 5.18. The Hall–Kier alpha value is -1.61. The van der Waals surface area contributed by atoms with E-state index in [1.807, 2.05) is 23.6 Å². The van der Waals surface area contributed by atoms with Crippen LogP contribution in [0, 0.1) is 0 Å². The molecule has 1 aromatic carbocycles. The topological polar surface area (TPSA) is 26.3 Å². The van der Waals surface area contributed by atoms with Gasteiger partial charge in [0.2, 0.25) is 5.43 Å². The van der Waals surface area contributed by atoms with Crippen LogP contribution in [0.25, 0.3) is 0 Å². The first-order chi connectivity index (χ1) is 7.81. The molecule has 0 aliphatic rings. The van der Waals surface area contributed by atoms with E-state index < -0.39 is 0 Å². The van der Waals surface area contributed by atoms with E-state index in [2.05, 4.69) is 6.07 Å². The molecule has 2 aromatic rings. The van der Waals surface area contributed by atoms with E-state index >= 15 is 0 Å². The van der Waals surface area contributed by atoms with Gasteiger partial charge in [0.1, 0.15) is 0 Å². The standard InChI is InChI=1S/C13H12O2S/c1-15-13-10(5-2-3-7-12(13)14)9-11-6-4-8-16-11/h2-8H,9H2,1H3. The molecule has 0 amide bonds. The second kappa shape index (κ2) is 4.94. The lowest BCUT2D eigenvalue weighted by atomic mass is 10.1. The highest BCUT2D eigenvalue weighted by Gasteiger charge is 2.06. The van der Waals surface area contributed by atoms with Crippen molar-refractivity contribution in [3.8, 4) is 5.75 Å². The van der Waals surface area contributed by atoms with Crippen molar-refractivity contribution < 1.29 is 4.74 Å². The minimum atomic E-state index is -0.0703. The maximum Gasteiger partial charge on any atom is 0.220 e. The van der Waals surface area contributed by atoms with Crippen molar-refractivity contribution in [1.82, 2.24) is 0 Å². The van der Waals surface area contributed by atoms with Gasteiger partial charge in [-0.2, -0.15) is 0 Å². The fraction of sp³-hybridized carbons (Fsp3) is 0.154. The quantitative estimate of drug-likeness (QED) is 0.813. The van der Waals surface area contributed by atoms with Gasteiger partial charge in [-0.25, -0.2) is 0 Å². The van der Waals surface area contributed by atoms with Crippen molar-refractivity contribution in [3.63, 3.8) is 0 Å². The lowest BCUT2D eigenvalue weighted by Gasteiger charge is -2.02. The van der Waals surface area contributed by atoms with Gasteiger partial charge in [0, 0.05) is 16.9 Å². The molecule has 0 N–H and O–H groups in total. The van der Waals surface area contributed by atoms with Crippen LogP contribution in [0.5, 0.6) is 5.75 Å². The van der Waals surface area contributed by atoms with Crippen molar-refractivity contribution >= 4 is 11.3 Å². The SMILES string of the molecule is COc1c(Cc2cccs2)ccccc1=O. The van der Waals surface area contributed by atoms with Gasteiger partial charge in [-0.3, -0.25) is 4.79 Å². The zero-order valence-electron chi connectivity index (χ0n) is 8.97. The second-order valence-corrected chi connectivity index (χ2v) is 4.43. The number of rotatable bonds is 3. The first kappa shape index (κ1) is 10.9. The average molecular weight is 232 g/mol. The fourth-order valence-electron chi connectivity index (χ4n) is 1.60. The van der Waals surface area contributed by atoms with Crippen LogP contribution in [0.4, 0.5) is 0 Å².